The van der Waals surface area contributed by atoms with E-state index in [1.807, 2.05) is 0 Å². The standard InChI is InChI=1S/C19H34BClNO9PS/c1-11(2)30-15(25)12(3)22-32(27,28-7-8-33-17(26)18(4,5)10-23)29-9-13-14(24)19(6,21)16(20)31-13/h11-14,16,23-24H,7-10H2,1-6H3,(H,22,27)/t12-,13+,14+,16+,19+,32?/m0/s1. The minimum atomic E-state index is -4.12. The molecule has 6 atom stereocenters. The summed E-state index contributed by atoms with van der Waals surface area (Å²) in [7, 11) is 1.65. The molecule has 0 aromatic rings. The molecule has 1 heterocycles. The van der Waals surface area contributed by atoms with E-state index in [0.717, 1.165) is 11.8 Å². The van der Waals surface area contributed by atoms with E-state index in [2.05, 4.69) is 5.09 Å². The summed E-state index contributed by atoms with van der Waals surface area (Å²) >= 11 is 7.09. The fourth-order valence-corrected chi connectivity index (χ4v) is 5.12. The summed E-state index contributed by atoms with van der Waals surface area (Å²) in [5, 5.41) is 21.8. The van der Waals surface area contributed by atoms with Crippen molar-refractivity contribution in [3.63, 3.8) is 0 Å². The molecule has 1 saturated heterocycles. The predicted molar refractivity (Wildman–Crippen MR) is 126 cm³/mol. The van der Waals surface area contributed by atoms with Crippen LogP contribution in [0.25, 0.3) is 0 Å². The van der Waals surface area contributed by atoms with E-state index in [4.69, 9.17) is 38.0 Å². The van der Waals surface area contributed by atoms with Crippen LogP contribution in [0.4, 0.5) is 0 Å². The number of alkyl halides is 1. The Labute approximate surface area is 205 Å². The van der Waals surface area contributed by atoms with E-state index in [0.29, 0.717) is 0 Å². The van der Waals surface area contributed by atoms with Crippen molar-refractivity contribution in [1.29, 1.82) is 0 Å². The minimum Gasteiger partial charge on any atom is -0.462 e. The number of rotatable bonds is 13. The normalized spacial score (nSPS) is 28.5. The van der Waals surface area contributed by atoms with Crippen molar-refractivity contribution >= 4 is 50.0 Å². The summed E-state index contributed by atoms with van der Waals surface area (Å²) in [6.07, 6.45) is -2.58. The van der Waals surface area contributed by atoms with Crippen LogP contribution < -0.4 is 5.09 Å². The second-order valence-electron chi connectivity index (χ2n) is 8.83. The van der Waals surface area contributed by atoms with Crippen LogP contribution in [0.2, 0.25) is 0 Å². The maximum Gasteiger partial charge on any atom is 0.406 e. The van der Waals surface area contributed by atoms with Crippen molar-refractivity contribution in [2.45, 2.75) is 76.8 Å². The predicted octanol–water partition coefficient (Wildman–Crippen LogP) is 1.59. The van der Waals surface area contributed by atoms with Gasteiger partial charge in [0.15, 0.2) is 5.12 Å². The van der Waals surface area contributed by atoms with Crippen molar-refractivity contribution < 1.29 is 42.9 Å². The Morgan fingerprint density at radius 1 is 1.33 bits per heavy atom. The molecule has 1 unspecified atom stereocenters. The number of halogens is 1. The number of hydrogen-bond donors (Lipinski definition) is 3. The van der Waals surface area contributed by atoms with Gasteiger partial charge in [0.1, 0.15) is 26.1 Å². The van der Waals surface area contributed by atoms with Crippen LogP contribution in [-0.4, -0.2) is 89.9 Å². The summed E-state index contributed by atoms with van der Waals surface area (Å²) in [6, 6.07) is -2.02. The monoisotopic (exact) mass is 529 g/mol. The second-order valence-corrected chi connectivity index (χ2v) is 12.5. The number of carbonyl (C=O) groups is 2. The van der Waals surface area contributed by atoms with Gasteiger partial charge < -0.3 is 19.7 Å². The number of aliphatic hydroxyl groups is 2. The van der Waals surface area contributed by atoms with E-state index in [9.17, 15) is 24.4 Å². The van der Waals surface area contributed by atoms with E-state index in [-0.39, 0.29) is 30.2 Å². The Kier molecular flexibility index (Phi) is 11.9. The molecule has 1 aliphatic heterocycles. The molecular formula is C19H34BClNO9PS. The van der Waals surface area contributed by atoms with Crippen molar-refractivity contribution in [3.05, 3.63) is 0 Å². The van der Waals surface area contributed by atoms with Crippen molar-refractivity contribution in [2.75, 3.05) is 25.6 Å². The van der Waals surface area contributed by atoms with Crippen LogP contribution in [0.5, 0.6) is 0 Å². The Morgan fingerprint density at radius 3 is 2.42 bits per heavy atom. The van der Waals surface area contributed by atoms with Gasteiger partial charge in [-0.3, -0.25) is 18.6 Å². The molecule has 1 aliphatic rings. The molecule has 33 heavy (non-hydrogen) atoms. The molecule has 0 spiro atoms. The average molecular weight is 530 g/mol. The van der Waals surface area contributed by atoms with Crippen LogP contribution in [0.15, 0.2) is 0 Å². The van der Waals surface area contributed by atoms with Crippen LogP contribution in [0, 0.1) is 5.41 Å². The van der Waals surface area contributed by atoms with Crippen LogP contribution in [0.3, 0.4) is 0 Å². The lowest BCUT2D eigenvalue weighted by molar-refractivity contribution is -0.149. The van der Waals surface area contributed by atoms with E-state index >= 15 is 0 Å². The number of ether oxygens (including phenoxy) is 2. The van der Waals surface area contributed by atoms with Gasteiger partial charge in [0.2, 0.25) is 0 Å². The maximum absolute atomic E-state index is 13.3. The highest BCUT2D eigenvalue weighted by molar-refractivity contribution is 8.13. The molecule has 10 nitrogen and oxygen atoms in total. The topological polar surface area (TPSA) is 141 Å². The molecule has 0 aromatic heterocycles. The van der Waals surface area contributed by atoms with Crippen LogP contribution >= 0.6 is 31.1 Å². The third-order valence-electron chi connectivity index (χ3n) is 4.80. The molecular weight excluding hydrogens is 496 g/mol. The molecule has 0 aliphatic carbocycles. The van der Waals surface area contributed by atoms with Gasteiger partial charge in [-0.2, -0.15) is 0 Å². The number of esters is 1. The van der Waals surface area contributed by atoms with Crippen molar-refractivity contribution in [3.8, 4) is 0 Å². The number of hydrogen-bond acceptors (Lipinski definition) is 10. The van der Waals surface area contributed by atoms with Gasteiger partial charge in [-0.15, -0.1) is 11.6 Å². The lowest BCUT2D eigenvalue weighted by Gasteiger charge is -2.26. The summed E-state index contributed by atoms with van der Waals surface area (Å²) < 4.78 is 34.6. The summed E-state index contributed by atoms with van der Waals surface area (Å²) in [5.41, 5.74) is -0.929. The van der Waals surface area contributed by atoms with Crippen molar-refractivity contribution in [1.82, 2.24) is 5.09 Å². The highest BCUT2D eigenvalue weighted by Gasteiger charge is 2.50. The first kappa shape index (κ1) is 30.9. The third-order valence-corrected chi connectivity index (χ3v) is 8.14. The summed E-state index contributed by atoms with van der Waals surface area (Å²) in [4.78, 5) is 23.0. The molecule has 0 aromatic carbocycles. The molecule has 3 N–H and O–H groups in total. The first-order valence-electron chi connectivity index (χ1n) is 10.5. The van der Waals surface area contributed by atoms with Crippen molar-refractivity contribution in [2.24, 2.45) is 5.41 Å². The van der Waals surface area contributed by atoms with Gasteiger partial charge >= 0.3 is 13.7 Å². The molecule has 0 bridgehead atoms. The lowest BCUT2D eigenvalue weighted by Crippen LogP contribution is -2.41. The summed E-state index contributed by atoms with van der Waals surface area (Å²) in [6.45, 7) is 8.60. The number of aliphatic hydroxyl groups excluding tert-OH is 2. The zero-order valence-electron chi connectivity index (χ0n) is 19.8. The first-order valence-corrected chi connectivity index (χ1v) is 13.4. The minimum absolute atomic E-state index is 0.120. The number of carbonyl (C=O) groups excluding carboxylic acids is 2. The molecule has 14 heteroatoms. The van der Waals surface area contributed by atoms with E-state index in [1.165, 1.54) is 13.8 Å². The quantitative estimate of drug-likeness (QED) is 0.105. The number of thioether (sulfide) groups is 1. The highest BCUT2D eigenvalue weighted by atomic mass is 35.5. The molecule has 0 saturated carbocycles. The molecule has 2 radical (unpaired) electrons. The third kappa shape index (κ3) is 9.09. The molecule has 0 amide bonds. The number of nitrogens with one attached hydrogen (secondary N) is 1. The fraction of sp³-hybridized carbons (Fsp3) is 0.895. The highest BCUT2D eigenvalue weighted by Crippen LogP contribution is 2.46. The van der Waals surface area contributed by atoms with E-state index < -0.39 is 54.9 Å². The smallest absolute Gasteiger partial charge is 0.406 e. The van der Waals surface area contributed by atoms with Gasteiger partial charge in [0.25, 0.3) is 0 Å². The van der Waals surface area contributed by atoms with Crippen LogP contribution in [0.1, 0.15) is 41.5 Å². The zero-order valence-corrected chi connectivity index (χ0v) is 22.2. The largest absolute Gasteiger partial charge is 0.462 e. The van der Waals surface area contributed by atoms with Gasteiger partial charge in [-0.25, -0.2) is 9.65 Å². The SMILES string of the molecule is [B][C@@H]1O[C@H](COP(=O)(N[C@@H](C)C(=O)OC(C)C)OCCSC(=O)C(C)(C)CO)[C@@H](O)[C@@]1(C)Cl. The Hall–Kier alpha value is -0.165. The average Bonchev–Trinajstić information content (AvgIpc) is 2.91. The Bertz CT molecular complexity index is 727. The molecule has 190 valence electrons. The zero-order chi connectivity index (χ0) is 25.6. The molecule has 1 rings (SSSR count). The lowest BCUT2D eigenvalue weighted by atomic mass is 9.85. The Morgan fingerprint density at radius 2 is 1.94 bits per heavy atom. The fourth-order valence-electron chi connectivity index (χ4n) is 2.52. The van der Waals surface area contributed by atoms with Gasteiger partial charge in [0, 0.05) is 11.8 Å². The van der Waals surface area contributed by atoms with Crippen LogP contribution in [-0.2, 0) is 32.7 Å². The second kappa shape index (κ2) is 12.7. The first-order chi connectivity index (χ1) is 15.1. The summed E-state index contributed by atoms with van der Waals surface area (Å²) in [5.74, 6) is -0.547. The van der Waals surface area contributed by atoms with Gasteiger partial charge in [0.05, 0.1) is 36.2 Å². The maximum atomic E-state index is 13.3. The Balaban J connectivity index is 2.80. The van der Waals surface area contributed by atoms with Gasteiger partial charge in [-0.05, 0) is 41.5 Å². The van der Waals surface area contributed by atoms with Gasteiger partial charge in [-0.1, -0.05) is 11.8 Å². The van der Waals surface area contributed by atoms with E-state index in [1.54, 1.807) is 27.7 Å². The molecule has 1 fully saturated rings.